The molecule has 16 heavy (non-hydrogen) atoms. The number of carbonyl (C=O) groups is 1. The Balaban J connectivity index is 2.40. The van der Waals surface area contributed by atoms with Gasteiger partial charge in [-0.2, -0.15) is 0 Å². The molecule has 0 radical (unpaired) electrons. The molecule has 0 atom stereocenters. The molecule has 0 amide bonds. The van der Waals surface area contributed by atoms with Crippen LogP contribution < -0.4 is 0 Å². The highest BCUT2D eigenvalue weighted by atomic mass is 16.4. The third-order valence-corrected chi connectivity index (χ3v) is 3.16. The zero-order valence-corrected chi connectivity index (χ0v) is 9.66. The van der Waals surface area contributed by atoms with Crippen LogP contribution in [0.15, 0.2) is 6.20 Å². The fourth-order valence-electron chi connectivity index (χ4n) is 1.87. The number of hydrogen-bond donors (Lipinski definition) is 1. The number of hydrogen-bond acceptors (Lipinski definition) is 3. The lowest BCUT2D eigenvalue weighted by molar-refractivity contribution is -0.142. The summed E-state index contributed by atoms with van der Waals surface area (Å²) in [6.45, 7) is 3.28. The topological polar surface area (TPSA) is 63.1 Å². The minimum atomic E-state index is -1.01. The number of aliphatic carboxylic acids is 1. The van der Waals surface area contributed by atoms with E-state index in [-0.39, 0.29) is 0 Å². The molecule has 1 N–H and O–H groups in total. The first-order valence-corrected chi connectivity index (χ1v) is 5.60. The van der Waals surface area contributed by atoms with E-state index in [1.807, 2.05) is 0 Å². The number of nitrogens with zero attached hydrogens (tertiary/aromatic N) is 2. The Bertz CT molecular complexity index is 427. The molecule has 0 fully saturated rings. The summed E-state index contributed by atoms with van der Waals surface area (Å²) in [7, 11) is 0. The Labute approximate surface area is 94.7 Å². The maximum Gasteiger partial charge on any atom is 0.316 e. The molecule has 0 bridgehead atoms. The van der Waals surface area contributed by atoms with Crippen LogP contribution in [0.5, 0.6) is 0 Å². The van der Waals surface area contributed by atoms with Crippen molar-refractivity contribution >= 4 is 5.97 Å². The van der Waals surface area contributed by atoms with Gasteiger partial charge in [0.15, 0.2) is 0 Å². The summed E-state index contributed by atoms with van der Waals surface area (Å²) < 4.78 is 0. The summed E-state index contributed by atoms with van der Waals surface area (Å²) in [4.78, 5) is 19.7. The van der Waals surface area contributed by atoms with E-state index in [1.54, 1.807) is 20.0 Å². The molecule has 4 nitrogen and oxygen atoms in total. The second kappa shape index (κ2) is 3.85. The predicted molar refractivity (Wildman–Crippen MR) is 59.3 cm³/mol. The summed E-state index contributed by atoms with van der Waals surface area (Å²) in [6, 6.07) is 0. The molecule has 0 saturated carbocycles. The molecule has 1 aromatic heterocycles. The quantitative estimate of drug-likeness (QED) is 0.824. The van der Waals surface area contributed by atoms with Crippen LogP contribution in [-0.4, -0.2) is 21.0 Å². The average molecular weight is 220 g/mol. The van der Waals surface area contributed by atoms with Gasteiger partial charge in [0.1, 0.15) is 11.2 Å². The summed E-state index contributed by atoms with van der Waals surface area (Å²) in [5.74, 6) is -0.469. The molecule has 4 heteroatoms. The van der Waals surface area contributed by atoms with E-state index >= 15 is 0 Å². The Morgan fingerprint density at radius 3 is 2.75 bits per heavy atom. The Kier molecular flexibility index (Phi) is 2.66. The van der Waals surface area contributed by atoms with Gasteiger partial charge in [0.05, 0.1) is 0 Å². The fraction of sp³-hybridized carbons (Fsp3) is 0.583. The lowest BCUT2D eigenvalue weighted by Crippen LogP contribution is -2.31. The van der Waals surface area contributed by atoms with Crippen molar-refractivity contribution in [3.05, 3.63) is 23.3 Å². The first-order valence-electron chi connectivity index (χ1n) is 5.60. The first-order chi connectivity index (χ1) is 7.51. The summed E-state index contributed by atoms with van der Waals surface area (Å²) in [5, 5.41) is 9.12. The molecule has 0 aliphatic heterocycles. The molecular formula is C12H16N2O2. The SMILES string of the molecule is CC(C)(C(=O)O)c1ncc2c(n1)CCCC2. The van der Waals surface area contributed by atoms with Crippen molar-refractivity contribution in [1.82, 2.24) is 9.97 Å². The largest absolute Gasteiger partial charge is 0.481 e. The van der Waals surface area contributed by atoms with Gasteiger partial charge in [-0.25, -0.2) is 9.97 Å². The minimum Gasteiger partial charge on any atom is -0.481 e. The molecule has 1 heterocycles. The van der Waals surface area contributed by atoms with E-state index in [1.165, 1.54) is 12.0 Å². The molecule has 1 aliphatic carbocycles. The number of rotatable bonds is 2. The van der Waals surface area contributed by atoms with E-state index in [4.69, 9.17) is 5.11 Å². The van der Waals surface area contributed by atoms with Gasteiger partial charge in [0.2, 0.25) is 0 Å². The van der Waals surface area contributed by atoms with Crippen molar-refractivity contribution < 1.29 is 9.90 Å². The number of carboxylic acid groups (broad SMARTS) is 1. The molecule has 0 saturated heterocycles. The minimum absolute atomic E-state index is 0.417. The second-order valence-electron chi connectivity index (χ2n) is 4.80. The van der Waals surface area contributed by atoms with E-state index < -0.39 is 11.4 Å². The second-order valence-corrected chi connectivity index (χ2v) is 4.80. The monoisotopic (exact) mass is 220 g/mol. The van der Waals surface area contributed by atoms with Crippen molar-refractivity contribution in [3.63, 3.8) is 0 Å². The molecule has 1 aliphatic rings. The smallest absolute Gasteiger partial charge is 0.316 e. The van der Waals surface area contributed by atoms with Gasteiger partial charge in [-0.1, -0.05) is 0 Å². The van der Waals surface area contributed by atoms with Crippen molar-refractivity contribution in [2.24, 2.45) is 0 Å². The molecule has 0 aromatic carbocycles. The third kappa shape index (κ3) is 1.79. The van der Waals surface area contributed by atoms with Crippen LogP contribution in [0.25, 0.3) is 0 Å². The van der Waals surface area contributed by atoms with Gasteiger partial charge in [-0.3, -0.25) is 4.79 Å². The normalized spacial score (nSPS) is 15.6. The van der Waals surface area contributed by atoms with Crippen molar-refractivity contribution in [1.29, 1.82) is 0 Å². The molecule has 2 rings (SSSR count). The third-order valence-electron chi connectivity index (χ3n) is 3.16. The van der Waals surface area contributed by atoms with E-state index in [9.17, 15) is 4.79 Å². The van der Waals surface area contributed by atoms with Crippen LogP contribution in [0, 0.1) is 0 Å². The molecule has 0 unspecified atom stereocenters. The lowest BCUT2D eigenvalue weighted by atomic mass is 9.91. The first kappa shape index (κ1) is 11.0. The van der Waals surface area contributed by atoms with E-state index in [2.05, 4.69) is 9.97 Å². The van der Waals surface area contributed by atoms with Crippen LogP contribution in [0.4, 0.5) is 0 Å². The van der Waals surface area contributed by atoms with Gasteiger partial charge < -0.3 is 5.11 Å². The molecule has 86 valence electrons. The Morgan fingerprint density at radius 1 is 1.38 bits per heavy atom. The number of aromatic nitrogens is 2. The van der Waals surface area contributed by atoms with Gasteiger partial charge in [0, 0.05) is 11.9 Å². The maximum absolute atomic E-state index is 11.1. The van der Waals surface area contributed by atoms with Gasteiger partial charge in [0.25, 0.3) is 0 Å². The fourth-order valence-corrected chi connectivity index (χ4v) is 1.87. The zero-order chi connectivity index (χ0) is 11.8. The predicted octanol–water partition coefficient (Wildman–Crippen LogP) is 1.72. The standard InChI is InChI=1S/C12H16N2O2/c1-12(2,11(15)16)10-13-7-8-5-3-4-6-9(8)14-10/h7H,3-6H2,1-2H3,(H,15,16). The highest BCUT2D eigenvalue weighted by molar-refractivity contribution is 5.78. The number of aryl methyl sites for hydroxylation is 2. The number of carboxylic acids is 1. The Morgan fingerprint density at radius 2 is 2.06 bits per heavy atom. The van der Waals surface area contributed by atoms with Crippen molar-refractivity contribution in [2.45, 2.75) is 44.9 Å². The van der Waals surface area contributed by atoms with E-state index in [0.29, 0.717) is 5.82 Å². The average Bonchev–Trinajstić information content (AvgIpc) is 2.28. The van der Waals surface area contributed by atoms with Crippen LogP contribution in [-0.2, 0) is 23.1 Å². The lowest BCUT2D eigenvalue weighted by Gasteiger charge is -2.21. The Hall–Kier alpha value is -1.45. The van der Waals surface area contributed by atoms with Gasteiger partial charge >= 0.3 is 5.97 Å². The van der Waals surface area contributed by atoms with Crippen LogP contribution in [0.2, 0.25) is 0 Å². The van der Waals surface area contributed by atoms with Crippen LogP contribution in [0.1, 0.15) is 43.8 Å². The summed E-state index contributed by atoms with van der Waals surface area (Å²) in [5.41, 5.74) is 1.20. The molecule has 0 spiro atoms. The summed E-state index contributed by atoms with van der Waals surface area (Å²) >= 11 is 0. The van der Waals surface area contributed by atoms with Crippen LogP contribution in [0.3, 0.4) is 0 Å². The van der Waals surface area contributed by atoms with Crippen LogP contribution >= 0.6 is 0 Å². The zero-order valence-electron chi connectivity index (χ0n) is 9.66. The van der Waals surface area contributed by atoms with Gasteiger partial charge in [-0.15, -0.1) is 0 Å². The molecule has 1 aromatic rings. The molecular weight excluding hydrogens is 204 g/mol. The van der Waals surface area contributed by atoms with Crippen molar-refractivity contribution in [3.8, 4) is 0 Å². The highest BCUT2D eigenvalue weighted by Crippen LogP contribution is 2.24. The summed E-state index contributed by atoms with van der Waals surface area (Å²) in [6.07, 6.45) is 6.07. The van der Waals surface area contributed by atoms with Crippen molar-refractivity contribution in [2.75, 3.05) is 0 Å². The number of fused-ring (bicyclic) bond motifs is 1. The van der Waals surface area contributed by atoms with E-state index in [0.717, 1.165) is 25.0 Å². The highest BCUT2D eigenvalue weighted by Gasteiger charge is 2.33. The van der Waals surface area contributed by atoms with Gasteiger partial charge in [-0.05, 0) is 45.1 Å². The maximum atomic E-state index is 11.1.